The van der Waals surface area contributed by atoms with E-state index < -0.39 is 0 Å². The number of pyridine rings is 1. The van der Waals surface area contributed by atoms with Gasteiger partial charge in [-0.2, -0.15) is 5.10 Å². The van der Waals surface area contributed by atoms with E-state index in [9.17, 15) is 4.79 Å². The third-order valence-corrected chi connectivity index (χ3v) is 5.51. The topological polar surface area (TPSA) is 70.7 Å². The van der Waals surface area contributed by atoms with Gasteiger partial charge in [-0.3, -0.25) is 14.9 Å². The molecule has 5 nitrogen and oxygen atoms in total. The molecular formula is C18H17IN4O. The summed E-state index contributed by atoms with van der Waals surface area (Å²) in [6.45, 7) is 0. The molecule has 0 spiro atoms. The van der Waals surface area contributed by atoms with Gasteiger partial charge >= 0.3 is 0 Å². The van der Waals surface area contributed by atoms with Gasteiger partial charge in [0.1, 0.15) is 3.70 Å². The highest BCUT2D eigenvalue weighted by Gasteiger charge is 2.30. The van der Waals surface area contributed by atoms with Crippen LogP contribution in [0.2, 0.25) is 0 Å². The number of aromatic nitrogens is 3. The summed E-state index contributed by atoms with van der Waals surface area (Å²) >= 11 is 2.19. The van der Waals surface area contributed by atoms with E-state index in [4.69, 9.17) is 0 Å². The molecule has 1 aliphatic carbocycles. The maximum absolute atomic E-state index is 12.8. The molecule has 0 bridgehead atoms. The van der Waals surface area contributed by atoms with Crippen molar-refractivity contribution in [1.82, 2.24) is 20.5 Å². The first-order valence-electron chi connectivity index (χ1n) is 8.08. The monoisotopic (exact) mass is 432 g/mol. The minimum Gasteiger partial charge on any atom is -0.343 e. The van der Waals surface area contributed by atoms with Crippen LogP contribution in [0, 0.1) is 9.62 Å². The summed E-state index contributed by atoms with van der Waals surface area (Å²) in [6, 6.07) is 11.4. The van der Waals surface area contributed by atoms with Crippen LogP contribution in [0.3, 0.4) is 0 Å². The Morgan fingerprint density at radius 2 is 2.17 bits per heavy atom. The standard InChI is InChI=1S/C18H17IN4O/c19-17-13-10-12(7-8-14(13)22-23-17)18(24)21-16(11-4-3-5-11)15-6-1-2-9-20-15/h1-2,6-11,16H,3-5H2,(H,21,24)(H,22,23). The first kappa shape index (κ1) is 15.6. The number of hydrogen-bond acceptors (Lipinski definition) is 3. The zero-order chi connectivity index (χ0) is 16.5. The van der Waals surface area contributed by atoms with Crippen molar-refractivity contribution in [1.29, 1.82) is 0 Å². The lowest BCUT2D eigenvalue weighted by Gasteiger charge is -2.34. The first-order chi connectivity index (χ1) is 11.7. The van der Waals surface area contributed by atoms with Crippen LogP contribution in [0.1, 0.15) is 41.4 Å². The molecule has 1 amide bonds. The Balaban J connectivity index is 1.61. The lowest BCUT2D eigenvalue weighted by atomic mass is 9.78. The van der Waals surface area contributed by atoms with Crippen LogP contribution in [0.25, 0.3) is 10.9 Å². The molecule has 2 heterocycles. The van der Waals surface area contributed by atoms with Gasteiger partial charge in [-0.15, -0.1) is 0 Å². The highest BCUT2D eigenvalue weighted by molar-refractivity contribution is 14.1. The summed E-state index contributed by atoms with van der Waals surface area (Å²) in [5.74, 6) is 0.415. The Bertz CT molecular complexity index is 873. The van der Waals surface area contributed by atoms with Crippen molar-refractivity contribution in [3.63, 3.8) is 0 Å². The highest BCUT2D eigenvalue weighted by Crippen LogP contribution is 2.37. The molecule has 1 unspecified atom stereocenters. The Kier molecular flexibility index (Phi) is 4.22. The molecule has 1 aliphatic rings. The van der Waals surface area contributed by atoms with Crippen molar-refractivity contribution in [2.75, 3.05) is 0 Å². The van der Waals surface area contributed by atoms with Gasteiger partial charge < -0.3 is 5.32 Å². The lowest BCUT2D eigenvalue weighted by Crippen LogP contribution is -2.36. The number of fused-ring (bicyclic) bond motifs is 1. The summed E-state index contributed by atoms with van der Waals surface area (Å²) in [5.41, 5.74) is 2.47. The van der Waals surface area contributed by atoms with Gasteiger partial charge in [0, 0.05) is 17.1 Å². The molecule has 1 fully saturated rings. The Morgan fingerprint density at radius 3 is 2.88 bits per heavy atom. The van der Waals surface area contributed by atoms with E-state index in [2.05, 4.69) is 43.1 Å². The van der Waals surface area contributed by atoms with E-state index in [1.807, 2.05) is 36.4 Å². The summed E-state index contributed by atoms with van der Waals surface area (Å²) in [6.07, 6.45) is 5.29. The maximum Gasteiger partial charge on any atom is 0.251 e. The summed E-state index contributed by atoms with van der Waals surface area (Å²) in [7, 11) is 0. The lowest BCUT2D eigenvalue weighted by molar-refractivity contribution is 0.0898. The summed E-state index contributed by atoms with van der Waals surface area (Å²) < 4.78 is 0.942. The number of carbonyl (C=O) groups is 1. The minimum atomic E-state index is -0.0588. The third kappa shape index (κ3) is 2.90. The van der Waals surface area contributed by atoms with Crippen molar-refractivity contribution in [3.8, 4) is 0 Å². The predicted molar refractivity (Wildman–Crippen MR) is 101 cm³/mol. The SMILES string of the molecule is O=C(NC(c1ccccn1)C1CCC1)c1ccc2n[nH]c(I)c2c1. The molecule has 1 atom stereocenters. The van der Waals surface area contributed by atoms with Gasteiger partial charge in [-0.05, 0) is 71.7 Å². The summed E-state index contributed by atoms with van der Waals surface area (Å²) in [4.78, 5) is 17.2. The van der Waals surface area contributed by atoms with Crippen molar-refractivity contribution in [2.24, 2.45) is 5.92 Å². The molecule has 4 rings (SSSR count). The fraction of sp³-hybridized carbons (Fsp3) is 0.278. The fourth-order valence-corrected chi connectivity index (χ4v) is 3.66. The van der Waals surface area contributed by atoms with E-state index in [0.717, 1.165) is 33.1 Å². The highest BCUT2D eigenvalue weighted by atomic mass is 127. The molecular weight excluding hydrogens is 415 g/mol. The van der Waals surface area contributed by atoms with E-state index >= 15 is 0 Å². The van der Waals surface area contributed by atoms with Crippen molar-refractivity contribution in [3.05, 3.63) is 57.6 Å². The van der Waals surface area contributed by atoms with Crippen LogP contribution >= 0.6 is 22.6 Å². The number of aromatic amines is 1. The van der Waals surface area contributed by atoms with E-state index in [0.29, 0.717) is 11.5 Å². The van der Waals surface area contributed by atoms with Gasteiger partial charge in [0.15, 0.2) is 0 Å². The van der Waals surface area contributed by atoms with Crippen molar-refractivity contribution < 1.29 is 4.79 Å². The largest absolute Gasteiger partial charge is 0.343 e. The van der Waals surface area contributed by atoms with Crippen LogP contribution in [0.5, 0.6) is 0 Å². The zero-order valence-electron chi connectivity index (χ0n) is 13.0. The van der Waals surface area contributed by atoms with Crippen molar-refractivity contribution >= 4 is 39.4 Å². The Morgan fingerprint density at radius 1 is 1.29 bits per heavy atom. The number of nitrogens with zero attached hydrogens (tertiary/aromatic N) is 2. The van der Waals surface area contributed by atoms with Crippen molar-refractivity contribution in [2.45, 2.75) is 25.3 Å². The smallest absolute Gasteiger partial charge is 0.251 e. The molecule has 3 aromatic rings. The number of H-pyrrole nitrogens is 1. The molecule has 0 aliphatic heterocycles. The Hall–Kier alpha value is -1.96. The van der Waals surface area contributed by atoms with Gasteiger partial charge in [0.05, 0.1) is 17.3 Å². The second-order valence-corrected chi connectivity index (χ2v) is 7.24. The van der Waals surface area contributed by atoms with Crippen LogP contribution in [0.15, 0.2) is 42.6 Å². The molecule has 0 saturated heterocycles. The fourth-order valence-electron chi connectivity index (χ4n) is 3.11. The number of nitrogens with one attached hydrogen (secondary N) is 2. The second-order valence-electron chi connectivity index (χ2n) is 6.17. The number of benzene rings is 1. The summed E-state index contributed by atoms with van der Waals surface area (Å²) in [5, 5.41) is 11.3. The number of halogens is 1. The van der Waals surface area contributed by atoms with Gasteiger partial charge in [-0.25, -0.2) is 0 Å². The molecule has 1 aromatic carbocycles. The predicted octanol–water partition coefficient (Wildman–Crippen LogP) is 3.83. The zero-order valence-corrected chi connectivity index (χ0v) is 15.2. The van der Waals surface area contributed by atoms with Crippen LogP contribution in [0.4, 0.5) is 0 Å². The molecule has 1 saturated carbocycles. The maximum atomic E-state index is 12.8. The number of rotatable bonds is 4. The number of hydrogen-bond donors (Lipinski definition) is 2. The van der Waals surface area contributed by atoms with E-state index in [-0.39, 0.29) is 11.9 Å². The van der Waals surface area contributed by atoms with Crippen LogP contribution in [-0.4, -0.2) is 21.1 Å². The van der Waals surface area contributed by atoms with Gasteiger partial charge in [-0.1, -0.05) is 12.5 Å². The quantitative estimate of drug-likeness (QED) is 0.616. The molecule has 2 aromatic heterocycles. The first-order valence-corrected chi connectivity index (χ1v) is 9.15. The second kappa shape index (κ2) is 6.51. The minimum absolute atomic E-state index is 0.0217. The average molecular weight is 432 g/mol. The molecule has 0 radical (unpaired) electrons. The van der Waals surface area contributed by atoms with Crippen LogP contribution < -0.4 is 5.32 Å². The van der Waals surface area contributed by atoms with Gasteiger partial charge in [0.2, 0.25) is 0 Å². The normalized spacial score (nSPS) is 15.9. The van der Waals surface area contributed by atoms with E-state index in [1.54, 1.807) is 6.20 Å². The number of amides is 1. The van der Waals surface area contributed by atoms with Crippen LogP contribution in [-0.2, 0) is 0 Å². The third-order valence-electron chi connectivity index (χ3n) is 4.68. The number of carbonyl (C=O) groups excluding carboxylic acids is 1. The molecule has 2 N–H and O–H groups in total. The van der Waals surface area contributed by atoms with Gasteiger partial charge in [0.25, 0.3) is 5.91 Å². The molecule has 122 valence electrons. The Labute approximate surface area is 153 Å². The average Bonchev–Trinajstić information content (AvgIpc) is 2.94. The molecule has 6 heteroatoms. The van der Waals surface area contributed by atoms with E-state index in [1.165, 1.54) is 6.42 Å². The molecule has 24 heavy (non-hydrogen) atoms.